The van der Waals surface area contributed by atoms with Crippen LogP contribution in [0.25, 0.3) is 0 Å². The molecule has 1 atom stereocenters. The molecule has 2 N–H and O–H groups in total. The van der Waals surface area contributed by atoms with E-state index in [2.05, 4.69) is 15.9 Å². The minimum absolute atomic E-state index is 0.276. The van der Waals surface area contributed by atoms with Gasteiger partial charge >= 0.3 is 5.97 Å². The maximum atomic E-state index is 10.4. The maximum absolute atomic E-state index is 10.4. The molecule has 0 unspecified atom stereocenters. The maximum Gasteiger partial charge on any atom is 0.306 e. The summed E-state index contributed by atoms with van der Waals surface area (Å²) in [4.78, 5) is 10.4. The summed E-state index contributed by atoms with van der Waals surface area (Å²) >= 11 is 3.27. The lowest BCUT2D eigenvalue weighted by atomic mass is 10.0. The van der Waals surface area contributed by atoms with Crippen LogP contribution in [0.5, 0.6) is 0 Å². The van der Waals surface area contributed by atoms with E-state index < -0.39 is 12.1 Å². The van der Waals surface area contributed by atoms with Crippen LogP contribution in [0.15, 0.2) is 22.7 Å². The van der Waals surface area contributed by atoms with Crippen molar-refractivity contribution in [2.45, 2.75) is 19.4 Å². The van der Waals surface area contributed by atoms with Gasteiger partial charge in [0.25, 0.3) is 0 Å². The van der Waals surface area contributed by atoms with Gasteiger partial charge in [0.2, 0.25) is 0 Å². The second kappa shape index (κ2) is 4.57. The fraction of sp³-hybridized carbons (Fsp3) is 0.300. The van der Waals surface area contributed by atoms with Crippen LogP contribution in [0.3, 0.4) is 0 Å². The van der Waals surface area contributed by atoms with Gasteiger partial charge in [-0.25, -0.2) is 0 Å². The summed E-state index contributed by atoms with van der Waals surface area (Å²) in [5, 5.41) is 18.1. The molecule has 1 aromatic carbocycles. The number of aliphatic carboxylic acids is 1. The lowest BCUT2D eigenvalue weighted by Gasteiger charge is -2.11. The fourth-order valence-corrected chi connectivity index (χ4v) is 1.70. The Morgan fingerprint density at radius 3 is 2.79 bits per heavy atom. The van der Waals surface area contributed by atoms with E-state index >= 15 is 0 Å². The Hall–Kier alpha value is -0.870. The molecule has 3 nitrogen and oxygen atoms in total. The number of aliphatic hydroxyl groups excluding tert-OH is 1. The standard InChI is InChI=1S/C10H11BrO3/c1-6-2-3-8(11)7(4-6)9(12)5-10(13)14/h2-4,9,12H,5H2,1H3,(H,13,14)/t9-/m1/s1. The van der Waals surface area contributed by atoms with Crippen molar-refractivity contribution in [3.05, 3.63) is 33.8 Å². The second-order valence-electron chi connectivity index (χ2n) is 3.14. The third-order valence-corrected chi connectivity index (χ3v) is 2.60. The number of benzene rings is 1. The van der Waals surface area contributed by atoms with Crippen molar-refractivity contribution < 1.29 is 15.0 Å². The third-order valence-electron chi connectivity index (χ3n) is 1.88. The summed E-state index contributed by atoms with van der Waals surface area (Å²) in [6, 6.07) is 5.47. The van der Waals surface area contributed by atoms with E-state index in [1.54, 1.807) is 12.1 Å². The van der Waals surface area contributed by atoms with Gasteiger partial charge in [-0.1, -0.05) is 33.6 Å². The lowest BCUT2D eigenvalue weighted by molar-refractivity contribution is -0.139. The van der Waals surface area contributed by atoms with Gasteiger partial charge in [0.05, 0.1) is 12.5 Å². The molecule has 0 heterocycles. The number of carboxylic acid groups (broad SMARTS) is 1. The van der Waals surface area contributed by atoms with Crippen molar-refractivity contribution in [3.8, 4) is 0 Å². The van der Waals surface area contributed by atoms with Gasteiger partial charge in [-0.15, -0.1) is 0 Å². The van der Waals surface area contributed by atoms with E-state index in [0.717, 1.165) is 10.0 Å². The SMILES string of the molecule is Cc1ccc(Br)c([C@H](O)CC(=O)O)c1. The van der Waals surface area contributed by atoms with Gasteiger partial charge in [0, 0.05) is 4.47 Å². The van der Waals surface area contributed by atoms with Crippen LogP contribution in [-0.2, 0) is 4.79 Å². The number of rotatable bonds is 3. The van der Waals surface area contributed by atoms with E-state index in [1.807, 2.05) is 13.0 Å². The van der Waals surface area contributed by atoms with Crippen LogP contribution in [0.2, 0.25) is 0 Å². The minimum Gasteiger partial charge on any atom is -0.481 e. The molecule has 14 heavy (non-hydrogen) atoms. The molecular formula is C10H11BrO3. The predicted octanol–water partition coefficient (Wildman–Crippen LogP) is 2.27. The van der Waals surface area contributed by atoms with Crippen molar-refractivity contribution in [1.82, 2.24) is 0 Å². The average Bonchev–Trinajstić information content (AvgIpc) is 2.08. The van der Waals surface area contributed by atoms with Crippen molar-refractivity contribution in [1.29, 1.82) is 0 Å². The van der Waals surface area contributed by atoms with E-state index in [-0.39, 0.29) is 6.42 Å². The number of carboxylic acids is 1. The first-order valence-electron chi connectivity index (χ1n) is 4.16. The highest BCUT2D eigenvalue weighted by Crippen LogP contribution is 2.26. The van der Waals surface area contributed by atoms with Crippen LogP contribution < -0.4 is 0 Å². The Balaban J connectivity index is 2.93. The molecule has 0 aliphatic rings. The van der Waals surface area contributed by atoms with Gasteiger partial charge in [-0.05, 0) is 18.6 Å². The molecule has 1 aromatic rings. The molecule has 1 rings (SSSR count). The zero-order valence-electron chi connectivity index (χ0n) is 7.70. The highest BCUT2D eigenvalue weighted by atomic mass is 79.9. The molecule has 0 aromatic heterocycles. The van der Waals surface area contributed by atoms with Crippen LogP contribution >= 0.6 is 15.9 Å². The van der Waals surface area contributed by atoms with Gasteiger partial charge in [-0.2, -0.15) is 0 Å². The fourth-order valence-electron chi connectivity index (χ4n) is 1.19. The van der Waals surface area contributed by atoms with Crippen molar-refractivity contribution in [3.63, 3.8) is 0 Å². The Bertz CT molecular complexity index is 349. The summed E-state index contributed by atoms with van der Waals surface area (Å²) in [6.45, 7) is 1.89. The van der Waals surface area contributed by atoms with Gasteiger partial charge in [0.15, 0.2) is 0 Å². The van der Waals surface area contributed by atoms with Crippen LogP contribution in [0, 0.1) is 6.92 Å². The Labute approximate surface area is 90.5 Å². The molecule has 0 amide bonds. The van der Waals surface area contributed by atoms with Crippen LogP contribution in [0.4, 0.5) is 0 Å². The van der Waals surface area contributed by atoms with E-state index in [0.29, 0.717) is 5.56 Å². The number of carbonyl (C=O) groups is 1. The average molecular weight is 259 g/mol. The Morgan fingerprint density at radius 2 is 2.21 bits per heavy atom. The van der Waals surface area contributed by atoms with Crippen LogP contribution in [-0.4, -0.2) is 16.2 Å². The number of aliphatic hydroxyl groups is 1. The summed E-state index contributed by atoms with van der Waals surface area (Å²) < 4.78 is 0.733. The zero-order valence-corrected chi connectivity index (χ0v) is 9.28. The number of hydrogen-bond donors (Lipinski definition) is 2. The summed E-state index contributed by atoms with van der Waals surface area (Å²) in [5.74, 6) is -1.01. The van der Waals surface area contributed by atoms with E-state index in [1.165, 1.54) is 0 Å². The number of aryl methyl sites for hydroxylation is 1. The van der Waals surface area contributed by atoms with E-state index in [9.17, 15) is 9.90 Å². The largest absolute Gasteiger partial charge is 0.481 e. The van der Waals surface area contributed by atoms with Crippen LogP contribution in [0.1, 0.15) is 23.7 Å². The topological polar surface area (TPSA) is 57.5 Å². The monoisotopic (exact) mass is 258 g/mol. The molecule has 0 aliphatic carbocycles. The molecule has 0 saturated heterocycles. The Morgan fingerprint density at radius 1 is 1.57 bits per heavy atom. The first-order valence-corrected chi connectivity index (χ1v) is 4.96. The van der Waals surface area contributed by atoms with Crippen molar-refractivity contribution >= 4 is 21.9 Å². The van der Waals surface area contributed by atoms with Gasteiger partial charge in [0.1, 0.15) is 0 Å². The quantitative estimate of drug-likeness (QED) is 0.875. The van der Waals surface area contributed by atoms with E-state index in [4.69, 9.17) is 5.11 Å². The first-order chi connectivity index (χ1) is 6.50. The van der Waals surface area contributed by atoms with Gasteiger partial charge < -0.3 is 10.2 Å². The number of hydrogen-bond acceptors (Lipinski definition) is 2. The molecule has 0 bridgehead atoms. The molecule has 0 fully saturated rings. The zero-order chi connectivity index (χ0) is 10.7. The molecular weight excluding hydrogens is 248 g/mol. The molecule has 0 radical (unpaired) electrons. The highest BCUT2D eigenvalue weighted by molar-refractivity contribution is 9.10. The second-order valence-corrected chi connectivity index (χ2v) is 3.99. The van der Waals surface area contributed by atoms with Crippen molar-refractivity contribution in [2.24, 2.45) is 0 Å². The summed E-state index contributed by atoms with van der Waals surface area (Å²) in [7, 11) is 0. The van der Waals surface area contributed by atoms with Crippen molar-refractivity contribution in [2.75, 3.05) is 0 Å². The molecule has 4 heteroatoms. The molecule has 0 spiro atoms. The molecule has 0 aliphatic heterocycles. The third kappa shape index (κ3) is 2.82. The first kappa shape index (κ1) is 11.2. The smallest absolute Gasteiger partial charge is 0.306 e. The molecule has 0 saturated carbocycles. The van der Waals surface area contributed by atoms with Gasteiger partial charge in [-0.3, -0.25) is 4.79 Å². The minimum atomic E-state index is -1.01. The number of halogens is 1. The molecule has 76 valence electrons. The normalized spacial score (nSPS) is 12.5. The summed E-state index contributed by atoms with van der Waals surface area (Å²) in [5.41, 5.74) is 1.61. The highest BCUT2D eigenvalue weighted by Gasteiger charge is 2.14. The lowest BCUT2D eigenvalue weighted by Crippen LogP contribution is -2.06. The Kier molecular flexibility index (Phi) is 3.66. The predicted molar refractivity (Wildman–Crippen MR) is 56.1 cm³/mol. The summed E-state index contributed by atoms with van der Waals surface area (Å²) in [6.07, 6.45) is -1.23.